The first kappa shape index (κ1) is 23.4. The van der Waals surface area contributed by atoms with Gasteiger partial charge in [0, 0.05) is 27.2 Å². The van der Waals surface area contributed by atoms with Crippen molar-refractivity contribution in [1.82, 2.24) is 9.13 Å². The van der Waals surface area contributed by atoms with Crippen LogP contribution < -0.4 is 0 Å². The zero-order valence-corrected chi connectivity index (χ0v) is 22.7. The molecule has 5 heteroatoms. The van der Waals surface area contributed by atoms with Crippen LogP contribution in [0, 0.1) is 17.9 Å². The molecule has 0 spiro atoms. The van der Waals surface area contributed by atoms with Crippen molar-refractivity contribution in [3.63, 3.8) is 0 Å². The molecule has 5 nitrogen and oxygen atoms in total. The SMILES string of the molecule is [C-]#[N+]c1cccc(C#N)c1-n1c2ccccc2c2c3oc4c(ccc5c4c4ccccc4n5-c4ccccc4)c3ccc21. The van der Waals surface area contributed by atoms with Gasteiger partial charge in [-0.1, -0.05) is 66.7 Å². The van der Waals surface area contributed by atoms with Crippen LogP contribution in [0.15, 0.2) is 126 Å². The van der Waals surface area contributed by atoms with Crippen LogP contribution in [0.25, 0.3) is 81.8 Å². The molecule has 9 aromatic rings. The second-order valence-corrected chi connectivity index (χ2v) is 10.7. The minimum absolute atomic E-state index is 0.432. The van der Waals surface area contributed by atoms with Crippen LogP contribution >= 0.6 is 0 Å². The van der Waals surface area contributed by atoms with Gasteiger partial charge in [0.25, 0.3) is 0 Å². The number of nitrogens with zero attached hydrogens (tertiary/aromatic N) is 4. The van der Waals surface area contributed by atoms with Gasteiger partial charge in [-0.05, 0) is 54.6 Å². The maximum atomic E-state index is 10.0. The fourth-order valence-corrected chi connectivity index (χ4v) is 6.84. The Labute approximate surface area is 245 Å². The minimum atomic E-state index is 0.432. The van der Waals surface area contributed by atoms with Gasteiger partial charge in [0.1, 0.15) is 11.2 Å². The monoisotopic (exact) mass is 548 g/mol. The number of aromatic nitrogens is 2. The van der Waals surface area contributed by atoms with Gasteiger partial charge in [-0.25, -0.2) is 4.85 Å². The van der Waals surface area contributed by atoms with Gasteiger partial charge in [0.15, 0.2) is 0 Å². The van der Waals surface area contributed by atoms with E-state index in [0.717, 1.165) is 71.2 Å². The van der Waals surface area contributed by atoms with Crippen molar-refractivity contribution in [2.24, 2.45) is 0 Å². The molecule has 3 aromatic heterocycles. The number of hydrogen-bond donors (Lipinski definition) is 0. The number of hydrogen-bond acceptors (Lipinski definition) is 2. The normalized spacial score (nSPS) is 11.7. The molecule has 0 bridgehead atoms. The molecule has 0 unspecified atom stereocenters. The molecule has 0 amide bonds. The Morgan fingerprint density at radius 1 is 0.558 bits per heavy atom. The maximum Gasteiger partial charge on any atom is 0.211 e. The summed E-state index contributed by atoms with van der Waals surface area (Å²) in [5, 5.41) is 16.3. The molecular weight excluding hydrogens is 528 g/mol. The highest BCUT2D eigenvalue weighted by atomic mass is 16.3. The fraction of sp³-hybridized carbons (Fsp3) is 0. The number of furan rings is 1. The van der Waals surface area contributed by atoms with Crippen LogP contribution in [0.4, 0.5) is 5.69 Å². The number of para-hydroxylation sites is 4. The van der Waals surface area contributed by atoms with E-state index in [4.69, 9.17) is 11.0 Å². The van der Waals surface area contributed by atoms with Gasteiger partial charge >= 0.3 is 0 Å². The summed E-state index contributed by atoms with van der Waals surface area (Å²) in [5.41, 5.74) is 8.24. The van der Waals surface area contributed by atoms with E-state index in [1.165, 1.54) is 0 Å². The van der Waals surface area contributed by atoms with Crippen LogP contribution in [0.1, 0.15) is 5.56 Å². The van der Waals surface area contributed by atoms with Crippen LogP contribution in [0.5, 0.6) is 0 Å². The average Bonchev–Trinajstić information content (AvgIpc) is 3.72. The molecular formula is C38H20N4O. The average molecular weight is 549 g/mol. The molecule has 43 heavy (non-hydrogen) atoms. The van der Waals surface area contributed by atoms with E-state index in [-0.39, 0.29) is 0 Å². The van der Waals surface area contributed by atoms with Crippen LogP contribution in [0.2, 0.25) is 0 Å². The van der Waals surface area contributed by atoms with Crippen LogP contribution in [-0.4, -0.2) is 9.13 Å². The second-order valence-electron chi connectivity index (χ2n) is 10.7. The summed E-state index contributed by atoms with van der Waals surface area (Å²) >= 11 is 0. The summed E-state index contributed by atoms with van der Waals surface area (Å²) in [5.74, 6) is 0. The fourth-order valence-electron chi connectivity index (χ4n) is 6.84. The lowest BCUT2D eigenvalue weighted by Crippen LogP contribution is -1.97. The summed E-state index contributed by atoms with van der Waals surface area (Å²) in [7, 11) is 0. The van der Waals surface area contributed by atoms with E-state index in [1.807, 2.05) is 28.8 Å². The zero-order valence-electron chi connectivity index (χ0n) is 22.7. The molecule has 0 fully saturated rings. The van der Waals surface area contributed by atoms with Gasteiger partial charge < -0.3 is 13.6 Å². The van der Waals surface area contributed by atoms with E-state index in [9.17, 15) is 5.26 Å². The Morgan fingerprint density at radius 2 is 1.14 bits per heavy atom. The summed E-state index contributed by atoms with van der Waals surface area (Å²) in [4.78, 5) is 3.79. The van der Waals surface area contributed by atoms with Crippen molar-refractivity contribution in [3.8, 4) is 17.4 Å². The summed E-state index contributed by atoms with van der Waals surface area (Å²) < 4.78 is 11.3. The van der Waals surface area contributed by atoms with Crippen LogP contribution in [0.3, 0.4) is 0 Å². The number of rotatable bonds is 2. The number of benzene rings is 6. The predicted octanol–water partition coefficient (Wildman–Crippen LogP) is 10.2. The molecule has 0 aliphatic rings. The van der Waals surface area contributed by atoms with Crippen molar-refractivity contribution in [1.29, 1.82) is 5.26 Å². The van der Waals surface area contributed by atoms with E-state index in [1.54, 1.807) is 18.2 Å². The lowest BCUT2D eigenvalue weighted by atomic mass is 10.1. The first-order chi connectivity index (χ1) is 21.3. The molecule has 3 heterocycles. The summed E-state index contributed by atoms with van der Waals surface area (Å²) in [6.45, 7) is 7.87. The first-order valence-electron chi connectivity index (χ1n) is 14.1. The van der Waals surface area contributed by atoms with Gasteiger partial charge in [-0.2, -0.15) is 5.26 Å². The topological polar surface area (TPSA) is 51.1 Å². The van der Waals surface area contributed by atoms with Gasteiger partial charge in [0.05, 0.1) is 56.7 Å². The smallest absolute Gasteiger partial charge is 0.211 e. The molecule has 0 N–H and O–H groups in total. The third-order valence-corrected chi connectivity index (χ3v) is 8.57. The molecule has 0 aliphatic carbocycles. The first-order valence-corrected chi connectivity index (χ1v) is 14.1. The standard InChI is InChI=1S/C38H20N4O/c1-40-29-15-9-10-23(22-39)36(29)42-31-17-8-6-14-28(31)35-33(42)21-19-26-25-18-20-32-34(37(25)43-38(26)35)27-13-5-7-16-30(27)41(32)24-11-3-2-4-12-24/h2-21H. The van der Waals surface area contributed by atoms with Crippen molar-refractivity contribution in [2.75, 3.05) is 0 Å². The highest BCUT2D eigenvalue weighted by molar-refractivity contribution is 6.29. The van der Waals surface area contributed by atoms with E-state index in [0.29, 0.717) is 16.9 Å². The Morgan fingerprint density at radius 3 is 1.77 bits per heavy atom. The molecule has 0 saturated carbocycles. The lowest BCUT2D eigenvalue weighted by Gasteiger charge is -2.11. The third kappa shape index (κ3) is 3.03. The largest absolute Gasteiger partial charge is 0.455 e. The molecule has 0 aliphatic heterocycles. The van der Waals surface area contributed by atoms with Gasteiger partial charge in [0.2, 0.25) is 5.69 Å². The molecule has 9 rings (SSSR count). The highest BCUT2D eigenvalue weighted by Crippen LogP contribution is 2.45. The Bertz CT molecular complexity index is 2660. The van der Waals surface area contributed by atoms with Gasteiger partial charge in [-0.15, -0.1) is 0 Å². The van der Waals surface area contributed by atoms with Crippen molar-refractivity contribution in [2.45, 2.75) is 0 Å². The Hall–Kier alpha value is -6.30. The van der Waals surface area contributed by atoms with Crippen LogP contribution in [-0.2, 0) is 0 Å². The minimum Gasteiger partial charge on any atom is -0.455 e. The van der Waals surface area contributed by atoms with E-state index < -0.39 is 0 Å². The summed E-state index contributed by atoms with van der Waals surface area (Å²) in [6.07, 6.45) is 0. The van der Waals surface area contributed by atoms with Crippen molar-refractivity contribution in [3.05, 3.63) is 138 Å². The quantitative estimate of drug-likeness (QED) is 0.202. The van der Waals surface area contributed by atoms with E-state index in [2.05, 4.69) is 94.3 Å². The Kier molecular flexibility index (Phi) is 4.68. The maximum absolute atomic E-state index is 10.0. The van der Waals surface area contributed by atoms with Crippen molar-refractivity contribution < 1.29 is 4.42 Å². The molecule has 0 radical (unpaired) electrons. The molecule has 198 valence electrons. The molecule has 6 aromatic carbocycles. The number of nitriles is 1. The Balaban J connectivity index is 1.46. The highest BCUT2D eigenvalue weighted by Gasteiger charge is 2.23. The lowest BCUT2D eigenvalue weighted by molar-refractivity contribution is 0.677. The summed E-state index contributed by atoms with van der Waals surface area (Å²) in [6, 6.07) is 43.2. The zero-order chi connectivity index (χ0) is 28.7. The molecule has 0 saturated heterocycles. The second kappa shape index (κ2) is 8.60. The molecule has 0 atom stereocenters. The number of fused-ring (bicyclic) bond motifs is 11. The predicted molar refractivity (Wildman–Crippen MR) is 173 cm³/mol. The van der Waals surface area contributed by atoms with E-state index >= 15 is 0 Å². The third-order valence-electron chi connectivity index (χ3n) is 8.57. The van der Waals surface area contributed by atoms with Crippen molar-refractivity contribution >= 4 is 71.2 Å². The van der Waals surface area contributed by atoms with Gasteiger partial charge in [-0.3, -0.25) is 0 Å².